The van der Waals surface area contributed by atoms with Crippen molar-refractivity contribution in [1.82, 2.24) is 15.2 Å². The van der Waals surface area contributed by atoms with Gasteiger partial charge in [-0.3, -0.25) is 4.98 Å². The van der Waals surface area contributed by atoms with Crippen LogP contribution in [0.3, 0.4) is 0 Å². The van der Waals surface area contributed by atoms with Gasteiger partial charge in [0.1, 0.15) is 0 Å². The SMILES string of the molecule is CCC1CCNC(CN(C)CCc2ccncc2)C1. The minimum Gasteiger partial charge on any atom is -0.313 e. The van der Waals surface area contributed by atoms with Crippen LogP contribution in [0.4, 0.5) is 0 Å². The first-order chi connectivity index (χ1) is 9.28. The maximum atomic E-state index is 4.06. The van der Waals surface area contributed by atoms with Crippen LogP contribution in [0.1, 0.15) is 31.7 Å². The summed E-state index contributed by atoms with van der Waals surface area (Å²) in [5, 5.41) is 3.66. The summed E-state index contributed by atoms with van der Waals surface area (Å²) in [6.45, 7) is 5.81. The van der Waals surface area contributed by atoms with Gasteiger partial charge in [-0.15, -0.1) is 0 Å². The van der Waals surface area contributed by atoms with E-state index < -0.39 is 0 Å². The molecule has 1 aromatic heterocycles. The van der Waals surface area contributed by atoms with Gasteiger partial charge in [-0.25, -0.2) is 0 Å². The molecule has 1 aromatic rings. The first-order valence-electron chi connectivity index (χ1n) is 7.58. The van der Waals surface area contributed by atoms with Crippen molar-refractivity contribution in [3.8, 4) is 0 Å². The molecule has 3 nitrogen and oxygen atoms in total. The van der Waals surface area contributed by atoms with Crippen molar-refractivity contribution in [3.05, 3.63) is 30.1 Å². The fourth-order valence-corrected chi connectivity index (χ4v) is 2.94. The van der Waals surface area contributed by atoms with E-state index in [0.717, 1.165) is 18.9 Å². The molecule has 0 bridgehead atoms. The summed E-state index contributed by atoms with van der Waals surface area (Å²) in [6.07, 6.45) is 8.90. The first kappa shape index (κ1) is 14.5. The van der Waals surface area contributed by atoms with Crippen LogP contribution in [0.5, 0.6) is 0 Å². The molecule has 19 heavy (non-hydrogen) atoms. The highest BCUT2D eigenvalue weighted by molar-refractivity contribution is 5.09. The Balaban J connectivity index is 1.70. The summed E-state index contributed by atoms with van der Waals surface area (Å²) >= 11 is 0. The number of aromatic nitrogens is 1. The Morgan fingerprint density at radius 2 is 2.16 bits per heavy atom. The zero-order valence-corrected chi connectivity index (χ0v) is 12.3. The molecule has 1 aliphatic heterocycles. The molecule has 2 rings (SSSR count). The Labute approximate surface area is 117 Å². The van der Waals surface area contributed by atoms with E-state index in [9.17, 15) is 0 Å². The molecule has 2 unspecified atom stereocenters. The van der Waals surface area contributed by atoms with Gasteiger partial charge < -0.3 is 10.2 Å². The van der Waals surface area contributed by atoms with Gasteiger partial charge in [-0.05, 0) is 56.5 Å². The van der Waals surface area contributed by atoms with Crippen LogP contribution in [0.15, 0.2) is 24.5 Å². The van der Waals surface area contributed by atoms with E-state index in [1.54, 1.807) is 0 Å². The zero-order valence-electron chi connectivity index (χ0n) is 12.3. The van der Waals surface area contributed by atoms with E-state index in [0.29, 0.717) is 6.04 Å². The van der Waals surface area contributed by atoms with Crippen LogP contribution in [0.2, 0.25) is 0 Å². The molecule has 0 radical (unpaired) electrons. The molecule has 3 heteroatoms. The number of likely N-dealkylation sites (N-methyl/N-ethyl adjacent to an activating group) is 1. The highest BCUT2D eigenvalue weighted by Gasteiger charge is 2.20. The molecule has 0 spiro atoms. The molecule has 1 saturated heterocycles. The predicted molar refractivity (Wildman–Crippen MR) is 80.2 cm³/mol. The Morgan fingerprint density at radius 3 is 2.89 bits per heavy atom. The van der Waals surface area contributed by atoms with Gasteiger partial charge in [0.05, 0.1) is 0 Å². The van der Waals surface area contributed by atoms with Crippen molar-refractivity contribution in [3.63, 3.8) is 0 Å². The molecular formula is C16H27N3. The van der Waals surface area contributed by atoms with Crippen molar-refractivity contribution >= 4 is 0 Å². The highest BCUT2D eigenvalue weighted by Crippen LogP contribution is 2.19. The second-order valence-electron chi connectivity index (χ2n) is 5.82. The highest BCUT2D eigenvalue weighted by atomic mass is 15.1. The van der Waals surface area contributed by atoms with Crippen molar-refractivity contribution in [2.24, 2.45) is 5.92 Å². The molecular weight excluding hydrogens is 234 g/mol. The summed E-state index contributed by atoms with van der Waals surface area (Å²) in [6, 6.07) is 4.90. The monoisotopic (exact) mass is 261 g/mol. The van der Waals surface area contributed by atoms with Crippen LogP contribution in [-0.4, -0.2) is 42.6 Å². The number of hydrogen-bond donors (Lipinski definition) is 1. The zero-order chi connectivity index (χ0) is 13.5. The predicted octanol–water partition coefficient (Wildman–Crippen LogP) is 2.33. The number of pyridine rings is 1. The number of nitrogens with zero attached hydrogens (tertiary/aromatic N) is 2. The van der Waals surface area contributed by atoms with Gasteiger partial charge in [0, 0.05) is 31.5 Å². The van der Waals surface area contributed by atoms with E-state index >= 15 is 0 Å². The van der Waals surface area contributed by atoms with Gasteiger partial charge in [0.25, 0.3) is 0 Å². The molecule has 1 fully saturated rings. The number of nitrogens with one attached hydrogen (secondary N) is 1. The lowest BCUT2D eigenvalue weighted by atomic mass is 9.90. The fraction of sp³-hybridized carbons (Fsp3) is 0.688. The second-order valence-corrected chi connectivity index (χ2v) is 5.82. The molecule has 0 saturated carbocycles. The fourth-order valence-electron chi connectivity index (χ4n) is 2.94. The van der Waals surface area contributed by atoms with Crippen molar-refractivity contribution in [2.75, 3.05) is 26.7 Å². The van der Waals surface area contributed by atoms with Crippen LogP contribution in [0, 0.1) is 5.92 Å². The Kier molecular flexibility index (Phi) is 5.80. The normalized spacial score (nSPS) is 23.7. The Hall–Kier alpha value is -0.930. The van der Waals surface area contributed by atoms with E-state index in [1.165, 1.54) is 37.9 Å². The maximum absolute atomic E-state index is 4.06. The number of rotatable bonds is 6. The van der Waals surface area contributed by atoms with Crippen molar-refractivity contribution in [1.29, 1.82) is 0 Å². The third-order valence-electron chi connectivity index (χ3n) is 4.24. The van der Waals surface area contributed by atoms with Gasteiger partial charge >= 0.3 is 0 Å². The van der Waals surface area contributed by atoms with Gasteiger partial charge in [-0.1, -0.05) is 13.3 Å². The second kappa shape index (κ2) is 7.61. The lowest BCUT2D eigenvalue weighted by molar-refractivity contribution is 0.226. The van der Waals surface area contributed by atoms with E-state index in [1.807, 2.05) is 12.4 Å². The molecule has 0 amide bonds. The van der Waals surface area contributed by atoms with Gasteiger partial charge in [0.15, 0.2) is 0 Å². The molecule has 2 atom stereocenters. The van der Waals surface area contributed by atoms with Crippen LogP contribution in [0.25, 0.3) is 0 Å². The van der Waals surface area contributed by atoms with Crippen LogP contribution < -0.4 is 5.32 Å². The summed E-state index contributed by atoms with van der Waals surface area (Å²) in [4.78, 5) is 6.51. The van der Waals surface area contributed by atoms with E-state index in [2.05, 4.69) is 41.3 Å². The molecule has 2 heterocycles. The quantitative estimate of drug-likeness (QED) is 0.852. The Morgan fingerprint density at radius 1 is 1.37 bits per heavy atom. The van der Waals surface area contributed by atoms with Crippen molar-refractivity contribution in [2.45, 2.75) is 38.6 Å². The molecule has 106 valence electrons. The molecule has 1 aliphatic rings. The average molecular weight is 261 g/mol. The lowest BCUT2D eigenvalue weighted by Gasteiger charge is -2.32. The third-order valence-corrected chi connectivity index (χ3v) is 4.24. The minimum atomic E-state index is 0.682. The average Bonchev–Trinajstić information content (AvgIpc) is 2.46. The van der Waals surface area contributed by atoms with Crippen LogP contribution in [-0.2, 0) is 6.42 Å². The maximum Gasteiger partial charge on any atom is 0.0270 e. The summed E-state index contributed by atoms with van der Waals surface area (Å²) in [5.74, 6) is 0.930. The minimum absolute atomic E-state index is 0.682. The van der Waals surface area contributed by atoms with Crippen LogP contribution >= 0.6 is 0 Å². The lowest BCUT2D eigenvalue weighted by Crippen LogP contribution is -2.45. The topological polar surface area (TPSA) is 28.2 Å². The standard InChI is InChI=1S/C16H27N3/c1-3-14-6-10-18-16(12-14)13-19(2)11-7-15-4-8-17-9-5-15/h4-5,8-9,14,16,18H,3,6-7,10-13H2,1-2H3. The number of piperidine rings is 1. The van der Waals surface area contributed by atoms with E-state index in [-0.39, 0.29) is 0 Å². The third kappa shape index (κ3) is 4.92. The Bertz CT molecular complexity index is 352. The van der Waals surface area contributed by atoms with E-state index in [4.69, 9.17) is 0 Å². The van der Waals surface area contributed by atoms with Gasteiger partial charge in [0.2, 0.25) is 0 Å². The molecule has 1 N–H and O–H groups in total. The van der Waals surface area contributed by atoms with Gasteiger partial charge in [-0.2, -0.15) is 0 Å². The largest absolute Gasteiger partial charge is 0.313 e. The molecule has 0 aliphatic carbocycles. The smallest absolute Gasteiger partial charge is 0.0270 e. The number of hydrogen-bond acceptors (Lipinski definition) is 3. The molecule has 0 aromatic carbocycles. The summed E-state index contributed by atoms with van der Waals surface area (Å²) < 4.78 is 0. The summed E-state index contributed by atoms with van der Waals surface area (Å²) in [5.41, 5.74) is 1.38. The summed E-state index contributed by atoms with van der Waals surface area (Å²) in [7, 11) is 2.23. The van der Waals surface area contributed by atoms with Crippen molar-refractivity contribution < 1.29 is 0 Å². The first-order valence-corrected chi connectivity index (χ1v) is 7.58.